The number of nitrogens with zero attached hydrogens (tertiary/aromatic N) is 2. The zero-order valence-corrected chi connectivity index (χ0v) is 17.3. The van der Waals surface area contributed by atoms with E-state index in [2.05, 4.69) is 0 Å². The fourth-order valence-electron chi connectivity index (χ4n) is 4.37. The maximum Gasteiger partial charge on any atom is 0.266 e. The summed E-state index contributed by atoms with van der Waals surface area (Å²) in [6.45, 7) is 1.93. The van der Waals surface area contributed by atoms with Crippen LogP contribution in [0.25, 0.3) is 0 Å². The summed E-state index contributed by atoms with van der Waals surface area (Å²) >= 11 is 0. The molecule has 6 nitrogen and oxygen atoms in total. The largest absolute Gasteiger partial charge is 0.497 e. The summed E-state index contributed by atoms with van der Waals surface area (Å²) in [4.78, 5) is 34.3. The molecule has 2 amide bonds. The van der Waals surface area contributed by atoms with Crippen molar-refractivity contribution in [1.29, 1.82) is 0 Å². The molecule has 0 aliphatic carbocycles. The van der Waals surface area contributed by atoms with Gasteiger partial charge in [0.05, 0.1) is 24.5 Å². The number of anilines is 2. The van der Waals surface area contributed by atoms with Gasteiger partial charge in [0.2, 0.25) is 5.91 Å². The van der Waals surface area contributed by atoms with Crippen LogP contribution in [0.1, 0.15) is 17.2 Å². The van der Waals surface area contributed by atoms with Crippen LogP contribution < -0.4 is 14.7 Å². The molecule has 0 aromatic heterocycles. The smallest absolute Gasteiger partial charge is 0.266 e. The Morgan fingerprint density at radius 2 is 1.55 bits per heavy atom. The van der Waals surface area contributed by atoms with E-state index in [1.54, 1.807) is 18.2 Å². The molecule has 0 saturated carbocycles. The molecule has 0 unspecified atom stereocenters. The van der Waals surface area contributed by atoms with Crippen molar-refractivity contribution < 1.29 is 19.2 Å². The van der Waals surface area contributed by atoms with Gasteiger partial charge < -0.3 is 4.74 Å². The summed E-state index contributed by atoms with van der Waals surface area (Å²) in [6.07, 6.45) is -0.875. The van der Waals surface area contributed by atoms with Crippen molar-refractivity contribution in [2.45, 2.75) is 19.1 Å². The fraction of sp³-hybridized carbons (Fsp3) is 0.200. The number of aryl methyl sites for hydroxylation is 1. The Hall–Kier alpha value is -3.64. The van der Waals surface area contributed by atoms with E-state index in [0.29, 0.717) is 5.69 Å². The molecular formula is C25H22N2O4. The molecule has 31 heavy (non-hydrogen) atoms. The van der Waals surface area contributed by atoms with Crippen LogP contribution in [-0.2, 0) is 14.4 Å². The Morgan fingerprint density at radius 1 is 0.839 bits per heavy atom. The summed E-state index contributed by atoms with van der Waals surface area (Å²) in [5.41, 5.74) is 3.23. The quantitative estimate of drug-likeness (QED) is 0.603. The molecule has 6 heteroatoms. The first-order chi connectivity index (χ1) is 15.1. The minimum atomic E-state index is -0.875. The predicted octanol–water partition coefficient (Wildman–Crippen LogP) is 4.05. The Labute approximate surface area is 180 Å². The minimum absolute atomic E-state index is 0.250. The third kappa shape index (κ3) is 3.16. The van der Waals surface area contributed by atoms with Crippen LogP contribution in [0.4, 0.5) is 11.4 Å². The van der Waals surface area contributed by atoms with Crippen LogP contribution in [-0.4, -0.2) is 25.0 Å². The van der Waals surface area contributed by atoms with E-state index >= 15 is 0 Å². The maximum atomic E-state index is 13.6. The number of rotatable bonds is 4. The molecule has 2 heterocycles. The van der Waals surface area contributed by atoms with Crippen LogP contribution in [0.15, 0.2) is 78.9 Å². The van der Waals surface area contributed by atoms with Crippen molar-refractivity contribution in [3.63, 3.8) is 0 Å². The Kier molecular flexibility index (Phi) is 4.71. The van der Waals surface area contributed by atoms with Gasteiger partial charge in [-0.1, -0.05) is 42.5 Å². The lowest BCUT2D eigenvalue weighted by Crippen LogP contribution is -2.37. The predicted molar refractivity (Wildman–Crippen MR) is 117 cm³/mol. The summed E-state index contributed by atoms with van der Waals surface area (Å²) < 4.78 is 5.28. The first-order valence-electron chi connectivity index (χ1n) is 10.2. The van der Waals surface area contributed by atoms with Gasteiger partial charge in [-0.05, 0) is 54.4 Å². The number of ether oxygens (including phenoxy) is 1. The zero-order valence-electron chi connectivity index (χ0n) is 17.3. The first kappa shape index (κ1) is 19.3. The van der Waals surface area contributed by atoms with Crippen molar-refractivity contribution in [1.82, 2.24) is 0 Å². The number of hydrogen-bond acceptors (Lipinski definition) is 5. The lowest BCUT2D eigenvalue weighted by Gasteiger charge is -2.28. The number of imide groups is 1. The van der Waals surface area contributed by atoms with Gasteiger partial charge in [0, 0.05) is 0 Å². The number of fused-ring (bicyclic) bond motifs is 1. The number of carbonyl (C=O) groups excluding carboxylic acids is 2. The van der Waals surface area contributed by atoms with E-state index in [1.165, 1.54) is 4.90 Å². The average molecular weight is 414 g/mol. The van der Waals surface area contributed by atoms with Crippen molar-refractivity contribution in [3.8, 4) is 5.75 Å². The monoisotopic (exact) mass is 414 g/mol. The molecule has 2 fully saturated rings. The van der Waals surface area contributed by atoms with Crippen molar-refractivity contribution in [2.24, 2.45) is 5.92 Å². The van der Waals surface area contributed by atoms with Gasteiger partial charge in [-0.3, -0.25) is 14.4 Å². The van der Waals surface area contributed by atoms with Gasteiger partial charge in [-0.15, -0.1) is 0 Å². The number of hydrogen-bond donors (Lipinski definition) is 0. The molecule has 3 atom stereocenters. The van der Waals surface area contributed by atoms with Crippen molar-refractivity contribution in [3.05, 3.63) is 90.0 Å². The second-order valence-corrected chi connectivity index (χ2v) is 7.78. The molecular weight excluding hydrogens is 392 g/mol. The van der Waals surface area contributed by atoms with Crippen LogP contribution in [0.5, 0.6) is 5.75 Å². The van der Waals surface area contributed by atoms with Crippen LogP contribution >= 0.6 is 0 Å². The third-order valence-electron chi connectivity index (χ3n) is 5.84. The summed E-state index contributed by atoms with van der Waals surface area (Å²) in [5, 5.41) is 1.69. The molecule has 2 aliphatic heterocycles. The van der Waals surface area contributed by atoms with E-state index in [-0.39, 0.29) is 11.8 Å². The summed E-state index contributed by atoms with van der Waals surface area (Å²) in [6, 6.07) is 24.0. The van der Waals surface area contributed by atoms with Crippen LogP contribution in [0, 0.1) is 12.8 Å². The summed E-state index contributed by atoms with van der Waals surface area (Å²) in [5.74, 6) is -0.514. The van der Waals surface area contributed by atoms with Gasteiger partial charge in [0.25, 0.3) is 5.91 Å². The lowest BCUT2D eigenvalue weighted by atomic mass is 9.90. The highest BCUT2D eigenvalue weighted by Gasteiger charge is 2.60. The molecule has 5 rings (SSSR count). The van der Waals surface area contributed by atoms with E-state index in [0.717, 1.165) is 22.6 Å². The van der Waals surface area contributed by atoms with E-state index in [9.17, 15) is 9.59 Å². The average Bonchev–Trinajstić information content (AvgIpc) is 3.30. The zero-order chi connectivity index (χ0) is 21.5. The van der Waals surface area contributed by atoms with Crippen molar-refractivity contribution >= 4 is 23.2 Å². The molecule has 156 valence electrons. The minimum Gasteiger partial charge on any atom is -0.497 e. The first-order valence-corrected chi connectivity index (χ1v) is 10.2. The second kappa shape index (κ2) is 7.56. The number of hydroxylamine groups is 1. The number of benzene rings is 3. The van der Waals surface area contributed by atoms with Crippen molar-refractivity contribution in [2.75, 3.05) is 17.1 Å². The molecule has 2 aliphatic rings. The lowest BCUT2D eigenvalue weighted by molar-refractivity contribution is -0.126. The SMILES string of the molecule is COc1ccc([C@@H]2[C@H]3C(=O)N(c4cccc(C)c4)C(=O)[C@H]3ON2c2ccccc2)cc1. The number of para-hydroxylation sites is 1. The number of carbonyl (C=O) groups is 2. The van der Waals surface area contributed by atoms with E-state index in [4.69, 9.17) is 9.57 Å². The van der Waals surface area contributed by atoms with Gasteiger partial charge in [-0.25, -0.2) is 9.96 Å². The molecule has 0 bridgehead atoms. The highest BCUT2D eigenvalue weighted by molar-refractivity contribution is 6.23. The highest BCUT2D eigenvalue weighted by Crippen LogP contribution is 2.47. The number of methoxy groups -OCH3 is 1. The Bertz CT molecular complexity index is 1130. The van der Waals surface area contributed by atoms with Gasteiger partial charge in [-0.2, -0.15) is 0 Å². The maximum absolute atomic E-state index is 13.6. The fourth-order valence-corrected chi connectivity index (χ4v) is 4.37. The molecule has 3 aromatic carbocycles. The van der Waals surface area contributed by atoms with Gasteiger partial charge in [0.1, 0.15) is 11.7 Å². The molecule has 0 radical (unpaired) electrons. The van der Waals surface area contributed by atoms with Crippen LogP contribution in [0.3, 0.4) is 0 Å². The van der Waals surface area contributed by atoms with E-state index < -0.39 is 18.1 Å². The standard InChI is InChI=1S/C25H22N2O4/c1-16-7-6-10-19(15-16)26-24(28)21-22(17-11-13-20(30-2)14-12-17)27(31-23(21)25(26)29)18-8-4-3-5-9-18/h3-15,21-23H,1-2H3/t21-,22-,23+/m1/s1. The Balaban J connectivity index is 1.58. The van der Waals surface area contributed by atoms with Crippen LogP contribution in [0.2, 0.25) is 0 Å². The molecule has 2 saturated heterocycles. The number of amides is 2. The highest BCUT2D eigenvalue weighted by atomic mass is 16.7. The van der Waals surface area contributed by atoms with E-state index in [1.807, 2.05) is 79.7 Å². The topological polar surface area (TPSA) is 59.1 Å². The van der Waals surface area contributed by atoms with Gasteiger partial charge in [0.15, 0.2) is 6.10 Å². The molecule has 0 N–H and O–H groups in total. The third-order valence-corrected chi connectivity index (χ3v) is 5.84. The second-order valence-electron chi connectivity index (χ2n) is 7.78. The molecule has 3 aromatic rings. The van der Waals surface area contributed by atoms with Gasteiger partial charge >= 0.3 is 0 Å². The summed E-state index contributed by atoms with van der Waals surface area (Å²) in [7, 11) is 1.61. The Morgan fingerprint density at radius 3 is 2.23 bits per heavy atom. The normalized spacial score (nSPS) is 22.7. The molecule has 0 spiro atoms.